The number of nitrogens with zero attached hydrogens (tertiary/aromatic N) is 5. The van der Waals surface area contributed by atoms with Gasteiger partial charge >= 0.3 is 0 Å². The first-order valence-electron chi connectivity index (χ1n) is 8.14. The average Bonchev–Trinajstić information content (AvgIpc) is 3.14. The van der Waals surface area contributed by atoms with Crippen molar-refractivity contribution in [2.45, 2.75) is 13.0 Å². The smallest absolute Gasteiger partial charge is 0.230 e. The highest BCUT2D eigenvalue weighted by atomic mass is 32.1. The molecule has 0 spiro atoms. The zero-order valence-corrected chi connectivity index (χ0v) is 14.7. The van der Waals surface area contributed by atoms with Gasteiger partial charge in [0.25, 0.3) is 0 Å². The summed E-state index contributed by atoms with van der Waals surface area (Å²) in [7, 11) is 2.15. The van der Waals surface area contributed by atoms with Gasteiger partial charge in [0.15, 0.2) is 0 Å². The number of aromatic hydroxyl groups is 1. The fraction of sp³-hybridized carbons (Fsp3) is 0.412. The molecular formula is C17H21N5OS. The lowest BCUT2D eigenvalue weighted by Gasteiger charge is -2.37. The van der Waals surface area contributed by atoms with E-state index in [9.17, 15) is 5.11 Å². The first-order valence-corrected chi connectivity index (χ1v) is 8.95. The molecule has 0 radical (unpaired) electrons. The largest absolute Gasteiger partial charge is 0.492 e. The Morgan fingerprint density at radius 3 is 2.71 bits per heavy atom. The first kappa shape index (κ1) is 15.6. The fourth-order valence-electron chi connectivity index (χ4n) is 3.32. The topological polar surface area (TPSA) is 56.9 Å². The maximum atomic E-state index is 10.7. The molecule has 0 aliphatic carbocycles. The van der Waals surface area contributed by atoms with Gasteiger partial charge in [-0.3, -0.25) is 4.90 Å². The van der Waals surface area contributed by atoms with Crippen LogP contribution in [0.2, 0.25) is 0 Å². The minimum absolute atomic E-state index is 0.0344. The summed E-state index contributed by atoms with van der Waals surface area (Å²) in [6, 6.07) is 8.57. The van der Waals surface area contributed by atoms with E-state index in [1.807, 2.05) is 0 Å². The molecule has 1 aliphatic rings. The van der Waals surface area contributed by atoms with E-state index in [0.29, 0.717) is 0 Å². The number of fused-ring (bicyclic) bond motifs is 1. The lowest BCUT2D eigenvalue weighted by atomic mass is 10.0. The Labute approximate surface area is 145 Å². The van der Waals surface area contributed by atoms with Gasteiger partial charge in [-0.25, -0.2) is 4.98 Å². The molecule has 0 bridgehead atoms. The molecule has 1 aliphatic heterocycles. The molecule has 2 aromatic heterocycles. The van der Waals surface area contributed by atoms with Crippen LogP contribution in [0.15, 0.2) is 30.6 Å². The maximum absolute atomic E-state index is 10.7. The van der Waals surface area contributed by atoms with Gasteiger partial charge in [-0.1, -0.05) is 41.2 Å². The van der Waals surface area contributed by atoms with Gasteiger partial charge < -0.3 is 10.0 Å². The molecule has 1 saturated heterocycles. The third-order valence-electron chi connectivity index (χ3n) is 4.65. The average molecular weight is 343 g/mol. The third-order valence-corrected chi connectivity index (χ3v) is 5.73. The van der Waals surface area contributed by atoms with Crippen LogP contribution in [0, 0.1) is 6.92 Å². The van der Waals surface area contributed by atoms with E-state index in [2.05, 4.69) is 58.1 Å². The summed E-state index contributed by atoms with van der Waals surface area (Å²) in [6.07, 6.45) is 1.48. The highest BCUT2D eigenvalue weighted by molar-refractivity contribution is 7.17. The van der Waals surface area contributed by atoms with E-state index in [-0.39, 0.29) is 11.9 Å². The normalized spacial score (nSPS) is 18.2. The molecule has 1 aromatic carbocycles. The van der Waals surface area contributed by atoms with E-state index >= 15 is 0 Å². The van der Waals surface area contributed by atoms with Crippen molar-refractivity contribution in [1.82, 2.24) is 24.4 Å². The number of benzene rings is 1. The summed E-state index contributed by atoms with van der Waals surface area (Å²) < 4.78 is 1.53. The Bertz CT molecular complexity index is 850. The molecule has 24 heavy (non-hydrogen) atoms. The number of likely N-dealkylation sites (N-methyl/N-ethyl adjacent to an activating group) is 1. The van der Waals surface area contributed by atoms with Crippen molar-refractivity contribution in [1.29, 1.82) is 0 Å². The standard InChI is InChI=1S/C17H21N5OS/c1-12-4-3-5-13(10-12)14(21-8-6-20(2)7-9-21)15-16(23)22-17(24-15)18-11-19-22/h3-5,10-11,14,23H,6-9H2,1-2H3. The number of rotatable bonds is 3. The van der Waals surface area contributed by atoms with E-state index in [0.717, 1.165) is 36.0 Å². The molecule has 3 heterocycles. The molecule has 126 valence electrons. The molecule has 6 nitrogen and oxygen atoms in total. The van der Waals surface area contributed by atoms with Crippen molar-refractivity contribution >= 4 is 16.3 Å². The summed E-state index contributed by atoms with van der Waals surface area (Å²) >= 11 is 1.52. The van der Waals surface area contributed by atoms with Crippen LogP contribution in [0.3, 0.4) is 0 Å². The summed E-state index contributed by atoms with van der Waals surface area (Å²) in [5.74, 6) is 0.206. The highest BCUT2D eigenvalue weighted by Crippen LogP contribution is 2.40. The van der Waals surface area contributed by atoms with E-state index in [1.165, 1.54) is 33.3 Å². The summed E-state index contributed by atoms with van der Waals surface area (Å²) in [4.78, 5) is 10.7. The zero-order chi connectivity index (χ0) is 16.7. The fourth-order valence-corrected chi connectivity index (χ4v) is 4.41. The molecular weight excluding hydrogens is 322 g/mol. The Hall–Kier alpha value is -1.96. The van der Waals surface area contributed by atoms with Crippen LogP contribution in [0.4, 0.5) is 0 Å². The Morgan fingerprint density at radius 2 is 2.00 bits per heavy atom. The van der Waals surface area contributed by atoms with Crippen LogP contribution < -0.4 is 0 Å². The van der Waals surface area contributed by atoms with Crippen LogP contribution in [0.5, 0.6) is 5.88 Å². The van der Waals surface area contributed by atoms with Gasteiger partial charge in [0.2, 0.25) is 10.8 Å². The molecule has 1 unspecified atom stereocenters. The van der Waals surface area contributed by atoms with Crippen LogP contribution in [-0.4, -0.2) is 62.7 Å². The van der Waals surface area contributed by atoms with Crippen molar-refractivity contribution in [2.75, 3.05) is 33.2 Å². The van der Waals surface area contributed by atoms with Crippen molar-refractivity contribution in [3.8, 4) is 5.88 Å². The number of piperazine rings is 1. The summed E-state index contributed by atoms with van der Waals surface area (Å²) in [5, 5.41) is 14.8. The minimum Gasteiger partial charge on any atom is -0.492 e. The van der Waals surface area contributed by atoms with Gasteiger partial charge in [-0.2, -0.15) is 9.61 Å². The maximum Gasteiger partial charge on any atom is 0.230 e. The second-order valence-corrected chi connectivity index (χ2v) is 7.41. The Balaban J connectivity index is 1.80. The monoisotopic (exact) mass is 343 g/mol. The first-order chi connectivity index (χ1) is 11.6. The molecule has 7 heteroatoms. The van der Waals surface area contributed by atoms with Gasteiger partial charge in [0.05, 0.1) is 10.9 Å². The predicted molar refractivity (Wildman–Crippen MR) is 94.6 cm³/mol. The van der Waals surface area contributed by atoms with Crippen LogP contribution in [-0.2, 0) is 0 Å². The lowest BCUT2D eigenvalue weighted by Crippen LogP contribution is -2.46. The molecule has 1 atom stereocenters. The SMILES string of the molecule is Cc1cccc(C(c2sc3ncnn3c2O)N2CCN(C)CC2)c1. The quantitative estimate of drug-likeness (QED) is 0.790. The second kappa shape index (κ2) is 6.16. The molecule has 0 amide bonds. The predicted octanol–water partition coefficient (Wildman–Crippen LogP) is 2.14. The van der Waals surface area contributed by atoms with Crippen LogP contribution in [0.1, 0.15) is 22.0 Å². The molecule has 1 N–H and O–H groups in total. The molecule has 0 saturated carbocycles. The Morgan fingerprint density at radius 1 is 1.21 bits per heavy atom. The van der Waals surface area contributed by atoms with Crippen LogP contribution in [0.25, 0.3) is 4.96 Å². The number of aromatic nitrogens is 3. The number of hydrogen-bond acceptors (Lipinski definition) is 6. The zero-order valence-electron chi connectivity index (χ0n) is 13.9. The highest BCUT2D eigenvalue weighted by Gasteiger charge is 2.30. The number of hydrogen-bond donors (Lipinski definition) is 1. The van der Waals surface area contributed by atoms with Crippen molar-refractivity contribution in [3.63, 3.8) is 0 Å². The van der Waals surface area contributed by atoms with E-state index in [1.54, 1.807) is 0 Å². The summed E-state index contributed by atoms with van der Waals surface area (Å²) in [5.41, 5.74) is 2.44. The third kappa shape index (κ3) is 2.68. The Kier molecular flexibility index (Phi) is 3.99. The number of aryl methyl sites for hydroxylation is 1. The molecule has 4 rings (SSSR count). The van der Waals surface area contributed by atoms with Gasteiger partial charge in [0.1, 0.15) is 6.33 Å². The second-order valence-electron chi connectivity index (χ2n) is 6.40. The summed E-state index contributed by atoms with van der Waals surface area (Å²) in [6.45, 7) is 6.12. The minimum atomic E-state index is 0.0344. The van der Waals surface area contributed by atoms with E-state index < -0.39 is 0 Å². The van der Waals surface area contributed by atoms with Crippen molar-refractivity contribution < 1.29 is 5.11 Å². The van der Waals surface area contributed by atoms with Gasteiger partial charge in [0, 0.05) is 26.2 Å². The van der Waals surface area contributed by atoms with E-state index in [4.69, 9.17) is 0 Å². The van der Waals surface area contributed by atoms with Crippen molar-refractivity contribution in [3.05, 3.63) is 46.6 Å². The molecule has 1 fully saturated rings. The number of thiazole rings is 1. The molecule has 3 aromatic rings. The van der Waals surface area contributed by atoms with Crippen LogP contribution >= 0.6 is 11.3 Å². The lowest BCUT2D eigenvalue weighted by molar-refractivity contribution is 0.127. The van der Waals surface area contributed by atoms with Gasteiger partial charge in [-0.15, -0.1) is 0 Å². The van der Waals surface area contributed by atoms with Crippen molar-refractivity contribution in [2.24, 2.45) is 0 Å². The van der Waals surface area contributed by atoms with Gasteiger partial charge in [-0.05, 0) is 19.5 Å².